The second-order valence-electron chi connectivity index (χ2n) is 10.5. The van der Waals surface area contributed by atoms with Crippen LogP contribution in [0.4, 0.5) is 13.2 Å². The number of furan rings is 1. The van der Waals surface area contributed by atoms with Crippen molar-refractivity contribution in [3.63, 3.8) is 0 Å². The zero-order valence-electron chi connectivity index (χ0n) is 19.2. The minimum absolute atomic E-state index is 0.0543. The largest absolute Gasteiger partial charge is 0.459 e. The third kappa shape index (κ3) is 3.60. The maximum Gasteiger partial charge on any atom is 0.425 e. The van der Waals surface area contributed by atoms with Crippen LogP contribution in [0.3, 0.4) is 0 Å². The van der Waals surface area contributed by atoms with Gasteiger partial charge in [-0.25, -0.2) is 0 Å². The van der Waals surface area contributed by atoms with E-state index in [4.69, 9.17) is 4.42 Å². The van der Waals surface area contributed by atoms with Crippen molar-refractivity contribution in [1.29, 1.82) is 0 Å². The van der Waals surface area contributed by atoms with E-state index in [2.05, 4.69) is 0 Å². The summed E-state index contributed by atoms with van der Waals surface area (Å²) >= 11 is 0. The first-order valence-electron chi connectivity index (χ1n) is 11.3. The molecular weight excluding hydrogens is 437 g/mol. The predicted molar refractivity (Wildman–Crippen MR) is 113 cm³/mol. The lowest BCUT2D eigenvalue weighted by Gasteiger charge is -2.43. The molecule has 1 aromatic heterocycles. The number of hydrogen-bond donors (Lipinski definition) is 1. The molecule has 180 valence electrons. The summed E-state index contributed by atoms with van der Waals surface area (Å²) in [5.41, 5.74) is -4.57. The number of ketones is 1. The van der Waals surface area contributed by atoms with Crippen LogP contribution >= 0.6 is 0 Å². The number of nitrogens with one attached hydrogen (secondary N) is 1. The van der Waals surface area contributed by atoms with E-state index < -0.39 is 46.3 Å². The fourth-order valence-electron chi connectivity index (χ4n) is 5.69. The number of Topliss-reactive ketones (excluding diaryl/α,β-unsaturated/α-hetero) is 1. The molecule has 2 amide bonds. The Labute approximate surface area is 190 Å². The lowest BCUT2D eigenvalue weighted by atomic mass is 9.72. The highest BCUT2D eigenvalue weighted by molar-refractivity contribution is 6.14. The van der Waals surface area contributed by atoms with E-state index in [1.54, 1.807) is 13.8 Å². The predicted octanol–water partition coefficient (Wildman–Crippen LogP) is 4.62. The van der Waals surface area contributed by atoms with Gasteiger partial charge >= 0.3 is 6.18 Å². The lowest BCUT2D eigenvalue weighted by molar-refractivity contribution is -0.192. The molecule has 0 spiro atoms. The molecule has 4 rings (SSSR count). The van der Waals surface area contributed by atoms with Gasteiger partial charge in [0.1, 0.15) is 0 Å². The fraction of sp³-hybridized carbons (Fsp3) is 0.625. The van der Waals surface area contributed by atoms with Gasteiger partial charge in [0.05, 0.1) is 11.8 Å². The Kier molecular flexibility index (Phi) is 5.53. The van der Waals surface area contributed by atoms with Gasteiger partial charge in [0.25, 0.3) is 11.8 Å². The fourth-order valence-corrected chi connectivity index (χ4v) is 5.69. The number of nitrogens with zero attached hydrogens (tertiary/aromatic N) is 1. The number of rotatable bonds is 3. The second-order valence-corrected chi connectivity index (χ2v) is 10.5. The molecule has 9 heteroatoms. The van der Waals surface area contributed by atoms with Crippen molar-refractivity contribution in [2.24, 2.45) is 17.3 Å². The molecule has 2 aliphatic carbocycles. The number of halogens is 3. The van der Waals surface area contributed by atoms with Gasteiger partial charge in [0, 0.05) is 18.2 Å². The highest BCUT2D eigenvalue weighted by atomic mass is 19.4. The number of amides is 2. The molecule has 33 heavy (non-hydrogen) atoms. The van der Waals surface area contributed by atoms with Gasteiger partial charge in [-0.05, 0) is 42.2 Å². The van der Waals surface area contributed by atoms with Crippen LogP contribution in [-0.2, 0) is 9.59 Å². The molecule has 0 unspecified atom stereocenters. The highest BCUT2D eigenvalue weighted by Gasteiger charge is 2.72. The van der Waals surface area contributed by atoms with E-state index in [1.165, 1.54) is 17.0 Å². The molecule has 0 radical (unpaired) electrons. The van der Waals surface area contributed by atoms with Gasteiger partial charge in [0.15, 0.2) is 11.5 Å². The Hall–Kier alpha value is -2.58. The number of carbonyl (C=O) groups is 3. The van der Waals surface area contributed by atoms with Gasteiger partial charge in [-0.2, -0.15) is 13.2 Å². The number of allylic oxidation sites excluding steroid dienone is 1. The zero-order valence-corrected chi connectivity index (χ0v) is 19.2. The molecule has 0 aromatic carbocycles. The van der Waals surface area contributed by atoms with Gasteiger partial charge in [-0.1, -0.05) is 40.5 Å². The first kappa shape index (κ1) is 23.6. The molecule has 0 saturated heterocycles. The quantitative estimate of drug-likeness (QED) is 0.705. The normalized spacial score (nSPS) is 32.2. The molecule has 1 N–H and O–H groups in total. The Bertz CT molecular complexity index is 1010. The maximum atomic E-state index is 14.8. The van der Waals surface area contributed by atoms with Crippen LogP contribution in [0, 0.1) is 17.3 Å². The van der Waals surface area contributed by atoms with Gasteiger partial charge in [-0.3, -0.25) is 14.4 Å². The summed E-state index contributed by atoms with van der Waals surface area (Å²) in [5.74, 6) is -3.45. The van der Waals surface area contributed by atoms with Crippen LogP contribution in [0.5, 0.6) is 0 Å². The van der Waals surface area contributed by atoms with Crippen LogP contribution in [0.15, 0.2) is 34.1 Å². The van der Waals surface area contributed by atoms with Crippen LogP contribution in [-0.4, -0.2) is 40.3 Å². The molecule has 4 atom stereocenters. The van der Waals surface area contributed by atoms with E-state index in [9.17, 15) is 27.6 Å². The molecule has 1 aromatic rings. The number of hydrogen-bond acceptors (Lipinski definition) is 4. The summed E-state index contributed by atoms with van der Waals surface area (Å²) < 4.78 is 49.5. The smallest absolute Gasteiger partial charge is 0.425 e. The minimum Gasteiger partial charge on any atom is -0.459 e. The first-order chi connectivity index (χ1) is 15.3. The van der Waals surface area contributed by atoms with Gasteiger partial charge in [-0.15, -0.1) is 0 Å². The molecule has 0 bridgehead atoms. The third-order valence-corrected chi connectivity index (χ3v) is 7.52. The van der Waals surface area contributed by atoms with Crippen LogP contribution in [0.25, 0.3) is 0 Å². The van der Waals surface area contributed by atoms with Crippen molar-refractivity contribution < 1.29 is 32.0 Å². The monoisotopic (exact) mass is 466 g/mol. The molecule has 1 aliphatic heterocycles. The Morgan fingerprint density at radius 3 is 2.48 bits per heavy atom. The Morgan fingerprint density at radius 1 is 1.18 bits per heavy atom. The topological polar surface area (TPSA) is 79.6 Å². The number of carbonyl (C=O) groups excluding carboxylic acids is 3. The lowest BCUT2D eigenvalue weighted by Crippen LogP contribution is -2.67. The maximum absolute atomic E-state index is 14.8. The molecule has 1 saturated carbocycles. The van der Waals surface area contributed by atoms with E-state index in [0.29, 0.717) is 6.42 Å². The van der Waals surface area contributed by atoms with Crippen molar-refractivity contribution in [1.82, 2.24) is 10.2 Å². The van der Waals surface area contributed by atoms with Crippen molar-refractivity contribution in [2.75, 3.05) is 0 Å². The Balaban J connectivity index is 1.91. The molecule has 3 aliphatic rings. The van der Waals surface area contributed by atoms with Crippen LogP contribution < -0.4 is 5.32 Å². The second kappa shape index (κ2) is 7.74. The average Bonchev–Trinajstić information content (AvgIpc) is 3.30. The highest BCUT2D eigenvalue weighted by Crippen LogP contribution is 2.53. The van der Waals surface area contributed by atoms with Crippen molar-refractivity contribution in [2.45, 2.75) is 77.6 Å². The summed E-state index contributed by atoms with van der Waals surface area (Å²) in [4.78, 5) is 41.0. The van der Waals surface area contributed by atoms with E-state index in [1.807, 2.05) is 19.2 Å². The SMILES string of the molecule is C[C@H]1[C@H](N2C(=O)[C@@](NC(=O)c3ccco3)(C(F)(F)F)C3=C2CC(C)(C)CC3=O)CCC[C@@H]1C. The standard InChI is InChI=1S/C24H29F3N2O4/c1-13-7-5-8-15(14(13)2)29-16-11-22(3,4)12-17(30)19(16)23(21(29)32,24(25,26)27)28-20(31)18-9-6-10-33-18/h6,9-10,13-15H,5,7-8,11-12H2,1-4H3,(H,28,31)/t13-,14+,15+,23+/m0/s1. The summed E-state index contributed by atoms with van der Waals surface area (Å²) in [7, 11) is 0. The molecule has 6 nitrogen and oxygen atoms in total. The van der Waals surface area contributed by atoms with E-state index >= 15 is 0 Å². The third-order valence-electron chi connectivity index (χ3n) is 7.52. The van der Waals surface area contributed by atoms with Crippen molar-refractivity contribution in [3.05, 3.63) is 35.4 Å². The number of alkyl halides is 3. The summed E-state index contributed by atoms with van der Waals surface area (Å²) in [6.07, 6.45) is -1.82. The van der Waals surface area contributed by atoms with Crippen molar-refractivity contribution >= 4 is 17.6 Å². The summed E-state index contributed by atoms with van der Waals surface area (Å²) in [6.45, 7) is 7.57. The van der Waals surface area contributed by atoms with E-state index in [-0.39, 0.29) is 36.1 Å². The molecule has 1 fully saturated rings. The zero-order chi connectivity index (χ0) is 24.3. The first-order valence-corrected chi connectivity index (χ1v) is 11.3. The van der Waals surface area contributed by atoms with Gasteiger partial charge < -0.3 is 14.6 Å². The molecule has 2 heterocycles. The molecular formula is C24H29F3N2O4. The van der Waals surface area contributed by atoms with E-state index in [0.717, 1.165) is 19.1 Å². The van der Waals surface area contributed by atoms with Crippen LogP contribution in [0.2, 0.25) is 0 Å². The minimum atomic E-state index is -5.22. The van der Waals surface area contributed by atoms with Gasteiger partial charge in [0.2, 0.25) is 5.54 Å². The summed E-state index contributed by atoms with van der Waals surface area (Å²) in [5, 5.41) is 1.91. The summed E-state index contributed by atoms with van der Waals surface area (Å²) in [6, 6.07) is 2.10. The van der Waals surface area contributed by atoms with Crippen LogP contribution in [0.1, 0.15) is 70.4 Å². The Morgan fingerprint density at radius 2 is 1.88 bits per heavy atom. The van der Waals surface area contributed by atoms with Crippen molar-refractivity contribution in [3.8, 4) is 0 Å². The average molecular weight is 467 g/mol.